The lowest BCUT2D eigenvalue weighted by Crippen LogP contribution is -2.26. The van der Waals surface area contributed by atoms with E-state index in [4.69, 9.17) is 0 Å². The number of aromatic nitrogens is 1. The van der Waals surface area contributed by atoms with E-state index in [1.807, 2.05) is 44.3 Å². The molecule has 0 radical (unpaired) electrons. The van der Waals surface area contributed by atoms with Crippen molar-refractivity contribution in [1.29, 1.82) is 0 Å². The average Bonchev–Trinajstić information content (AvgIpc) is 2.75. The molecule has 1 aromatic carbocycles. The number of hydrogen-bond donors (Lipinski definition) is 1. The Morgan fingerprint density at radius 3 is 2.78 bits per heavy atom. The number of hydrogen-bond acceptors (Lipinski definition) is 3. The molecule has 0 aliphatic heterocycles. The largest absolute Gasteiger partial charge is 0.352 e. The summed E-state index contributed by atoms with van der Waals surface area (Å²) in [5.74, 6) is -0.0126. The van der Waals surface area contributed by atoms with Crippen molar-refractivity contribution in [1.82, 2.24) is 10.3 Å². The van der Waals surface area contributed by atoms with E-state index in [2.05, 4.69) is 10.3 Å². The van der Waals surface area contributed by atoms with Gasteiger partial charge in [0.2, 0.25) is 0 Å². The molecule has 0 atom stereocenters. The van der Waals surface area contributed by atoms with Crippen molar-refractivity contribution in [2.45, 2.75) is 20.3 Å². The lowest BCUT2D eigenvalue weighted by Gasteiger charge is -2.06. The van der Waals surface area contributed by atoms with Gasteiger partial charge < -0.3 is 5.32 Å². The maximum Gasteiger partial charge on any atom is 0.251 e. The fourth-order valence-corrected chi connectivity index (χ4v) is 2.51. The molecule has 2 aromatic rings. The molecule has 1 aromatic heterocycles. The van der Waals surface area contributed by atoms with E-state index < -0.39 is 0 Å². The molecule has 0 spiro atoms. The highest BCUT2D eigenvalue weighted by atomic mass is 32.1. The summed E-state index contributed by atoms with van der Waals surface area (Å²) in [5.41, 5.74) is 1.74. The number of nitrogens with one attached hydrogen (secondary N) is 1. The van der Waals surface area contributed by atoms with Gasteiger partial charge in [0.1, 0.15) is 0 Å². The van der Waals surface area contributed by atoms with Crippen molar-refractivity contribution in [3.05, 3.63) is 51.5 Å². The number of rotatable bonds is 4. The summed E-state index contributed by atoms with van der Waals surface area (Å²) in [6.45, 7) is 4.60. The summed E-state index contributed by atoms with van der Waals surface area (Å²) in [5, 5.41) is 3.99. The highest BCUT2D eigenvalue weighted by Gasteiger charge is 2.07. The topological polar surface area (TPSA) is 42.0 Å². The third kappa shape index (κ3) is 3.17. The van der Waals surface area contributed by atoms with Crippen LogP contribution in [0.3, 0.4) is 0 Å². The summed E-state index contributed by atoms with van der Waals surface area (Å²) >= 11 is 1.68. The van der Waals surface area contributed by atoms with Crippen molar-refractivity contribution in [2.24, 2.45) is 0 Å². The van der Waals surface area contributed by atoms with Gasteiger partial charge in [0.25, 0.3) is 5.91 Å². The third-order valence-corrected chi connectivity index (χ3v) is 3.66. The van der Waals surface area contributed by atoms with Gasteiger partial charge in [0.05, 0.1) is 5.01 Å². The molecule has 0 aliphatic rings. The van der Waals surface area contributed by atoms with Gasteiger partial charge in [-0.2, -0.15) is 0 Å². The Bertz CT molecular complexity index is 548. The van der Waals surface area contributed by atoms with Crippen LogP contribution >= 0.6 is 11.3 Å². The Labute approximate surface area is 111 Å². The molecule has 4 heteroatoms. The van der Waals surface area contributed by atoms with E-state index in [0.717, 1.165) is 22.6 Å². The molecule has 2 rings (SSSR count). The molecule has 0 saturated carbocycles. The summed E-state index contributed by atoms with van der Waals surface area (Å²) < 4.78 is 0. The summed E-state index contributed by atoms with van der Waals surface area (Å²) in [7, 11) is 0. The molecule has 0 aliphatic carbocycles. The lowest BCUT2D eigenvalue weighted by atomic mass is 10.1. The molecule has 0 bridgehead atoms. The third-order valence-electron chi connectivity index (χ3n) is 2.68. The first-order chi connectivity index (χ1) is 8.66. The van der Waals surface area contributed by atoms with Crippen molar-refractivity contribution < 1.29 is 4.79 Å². The zero-order valence-electron chi connectivity index (χ0n) is 10.6. The van der Waals surface area contributed by atoms with E-state index in [1.165, 1.54) is 4.88 Å². The maximum absolute atomic E-state index is 11.9. The molecule has 0 unspecified atom stereocenters. The van der Waals surface area contributed by atoms with Crippen LogP contribution < -0.4 is 5.32 Å². The lowest BCUT2D eigenvalue weighted by molar-refractivity contribution is 0.0953. The Morgan fingerprint density at radius 1 is 1.33 bits per heavy atom. The standard InChI is InChI=1S/C14H16N2OS/c1-10-5-3-4-6-12(10)14(17)15-8-7-13-16-9-11(2)18-13/h3-6,9H,7-8H2,1-2H3,(H,15,17). The van der Waals surface area contributed by atoms with Gasteiger partial charge in [-0.1, -0.05) is 18.2 Å². The second-order valence-electron chi connectivity index (χ2n) is 4.19. The monoisotopic (exact) mass is 260 g/mol. The van der Waals surface area contributed by atoms with Crippen molar-refractivity contribution in [3.63, 3.8) is 0 Å². The smallest absolute Gasteiger partial charge is 0.251 e. The van der Waals surface area contributed by atoms with Crippen LogP contribution in [0.15, 0.2) is 30.5 Å². The van der Waals surface area contributed by atoms with Gasteiger partial charge in [-0.05, 0) is 25.5 Å². The molecule has 94 valence electrons. The molecule has 1 heterocycles. The first kappa shape index (κ1) is 12.8. The van der Waals surface area contributed by atoms with E-state index in [0.29, 0.717) is 6.54 Å². The van der Waals surface area contributed by atoms with Crippen molar-refractivity contribution in [3.8, 4) is 0 Å². The zero-order chi connectivity index (χ0) is 13.0. The highest BCUT2D eigenvalue weighted by molar-refractivity contribution is 7.11. The minimum absolute atomic E-state index is 0.0126. The van der Waals surface area contributed by atoms with Crippen LogP contribution in [0.4, 0.5) is 0 Å². The van der Waals surface area contributed by atoms with Gasteiger partial charge in [0, 0.05) is 29.6 Å². The second-order valence-corrected chi connectivity index (χ2v) is 5.50. The summed E-state index contributed by atoms with van der Waals surface area (Å²) in [6, 6.07) is 7.61. The van der Waals surface area contributed by atoms with E-state index in [1.54, 1.807) is 11.3 Å². The Balaban J connectivity index is 1.87. The quantitative estimate of drug-likeness (QED) is 0.918. The molecule has 3 nitrogen and oxygen atoms in total. The van der Waals surface area contributed by atoms with Crippen LogP contribution in [0.25, 0.3) is 0 Å². The van der Waals surface area contributed by atoms with Crippen LogP contribution in [-0.4, -0.2) is 17.4 Å². The van der Waals surface area contributed by atoms with Crippen molar-refractivity contribution >= 4 is 17.2 Å². The van der Waals surface area contributed by atoms with Crippen molar-refractivity contribution in [2.75, 3.05) is 6.54 Å². The van der Waals surface area contributed by atoms with Gasteiger partial charge in [0.15, 0.2) is 0 Å². The van der Waals surface area contributed by atoms with Crippen LogP contribution in [-0.2, 0) is 6.42 Å². The Morgan fingerprint density at radius 2 is 2.11 bits per heavy atom. The van der Waals surface area contributed by atoms with Gasteiger partial charge in [-0.3, -0.25) is 4.79 Å². The molecule has 0 saturated heterocycles. The minimum Gasteiger partial charge on any atom is -0.352 e. The van der Waals surface area contributed by atoms with Gasteiger partial charge >= 0.3 is 0 Å². The Kier molecular flexibility index (Phi) is 4.10. The molecule has 1 N–H and O–H groups in total. The highest BCUT2D eigenvalue weighted by Crippen LogP contribution is 2.11. The molecule has 1 amide bonds. The molecule has 18 heavy (non-hydrogen) atoms. The summed E-state index contributed by atoms with van der Waals surface area (Å²) in [4.78, 5) is 17.4. The number of thiazole rings is 1. The predicted molar refractivity (Wildman–Crippen MR) is 74.1 cm³/mol. The Hall–Kier alpha value is -1.68. The van der Waals surface area contributed by atoms with Crippen LogP contribution in [0.2, 0.25) is 0 Å². The molecular formula is C14H16N2OS. The zero-order valence-corrected chi connectivity index (χ0v) is 11.4. The minimum atomic E-state index is -0.0126. The maximum atomic E-state index is 11.9. The van der Waals surface area contributed by atoms with Gasteiger partial charge in [-0.15, -0.1) is 11.3 Å². The number of nitrogens with zero attached hydrogens (tertiary/aromatic N) is 1. The predicted octanol–water partition coefficient (Wildman–Crippen LogP) is 2.73. The van der Waals surface area contributed by atoms with E-state index in [9.17, 15) is 4.79 Å². The summed E-state index contributed by atoms with van der Waals surface area (Å²) in [6.07, 6.45) is 2.65. The fourth-order valence-electron chi connectivity index (χ4n) is 1.72. The van der Waals surface area contributed by atoms with Crippen LogP contribution in [0.5, 0.6) is 0 Å². The van der Waals surface area contributed by atoms with E-state index >= 15 is 0 Å². The molecular weight excluding hydrogens is 244 g/mol. The molecule has 0 fully saturated rings. The first-order valence-corrected chi connectivity index (χ1v) is 6.73. The normalized spacial score (nSPS) is 10.3. The van der Waals surface area contributed by atoms with E-state index in [-0.39, 0.29) is 5.91 Å². The fraction of sp³-hybridized carbons (Fsp3) is 0.286. The number of carbonyl (C=O) groups is 1. The van der Waals surface area contributed by atoms with Crippen LogP contribution in [0, 0.1) is 13.8 Å². The first-order valence-electron chi connectivity index (χ1n) is 5.92. The SMILES string of the molecule is Cc1cnc(CCNC(=O)c2ccccc2C)s1. The number of benzene rings is 1. The number of carbonyl (C=O) groups excluding carboxylic acids is 1. The average molecular weight is 260 g/mol. The van der Waals surface area contributed by atoms with Crippen LogP contribution in [0.1, 0.15) is 25.8 Å². The number of amides is 1. The van der Waals surface area contributed by atoms with Gasteiger partial charge in [-0.25, -0.2) is 4.98 Å². The second kappa shape index (κ2) is 5.78. The number of aryl methyl sites for hydroxylation is 2.